The van der Waals surface area contributed by atoms with E-state index in [4.69, 9.17) is 0 Å². The number of carbonyl (C=O) groups is 2. The lowest BCUT2D eigenvalue weighted by Crippen LogP contribution is -2.42. The molecule has 4 heterocycles. The average Bonchev–Trinajstić information content (AvgIpc) is 3.66. The number of urea groups is 1. The van der Waals surface area contributed by atoms with Gasteiger partial charge in [0.2, 0.25) is 5.91 Å². The summed E-state index contributed by atoms with van der Waals surface area (Å²) in [6.07, 6.45) is 2.32. The van der Waals surface area contributed by atoms with E-state index < -0.39 is 18.8 Å². The number of aromatic nitrogens is 4. The Bertz CT molecular complexity index is 1560. The molecule has 5 rings (SSSR count). The Hall–Kier alpha value is -3.89. The van der Waals surface area contributed by atoms with Gasteiger partial charge in [-0.25, -0.2) is 14.8 Å². The number of fused-ring (bicyclic) bond motifs is 3. The van der Waals surface area contributed by atoms with E-state index in [0.29, 0.717) is 29.3 Å². The number of benzene rings is 1. The van der Waals surface area contributed by atoms with Crippen LogP contribution in [0.25, 0.3) is 16.8 Å². The third-order valence-electron chi connectivity index (χ3n) is 8.00. The molecule has 218 valence electrons. The van der Waals surface area contributed by atoms with Crippen LogP contribution in [0.1, 0.15) is 67.6 Å². The van der Waals surface area contributed by atoms with Crippen molar-refractivity contribution in [2.24, 2.45) is 11.8 Å². The zero-order chi connectivity index (χ0) is 29.5. The van der Waals surface area contributed by atoms with Crippen LogP contribution < -0.4 is 5.32 Å². The van der Waals surface area contributed by atoms with Crippen molar-refractivity contribution in [3.8, 4) is 0 Å². The molecule has 1 unspecified atom stereocenters. The molecular formula is C30H35F3N6O2. The van der Waals surface area contributed by atoms with Crippen LogP contribution in [0.2, 0.25) is 0 Å². The Balaban J connectivity index is 1.42. The van der Waals surface area contributed by atoms with Crippen molar-refractivity contribution in [1.82, 2.24) is 29.2 Å². The predicted octanol–water partition coefficient (Wildman–Crippen LogP) is 6.02. The molecule has 1 aromatic carbocycles. The third-order valence-corrected chi connectivity index (χ3v) is 8.00. The average molecular weight is 569 g/mol. The first-order valence-electron chi connectivity index (χ1n) is 14.0. The second kappa shape index (κ2) is 11.2. The normalized spacial score (nSPS) is 18.5. The highest BCUT2D eigenvalue weighted by atomic mass is 19.4. The minimum Gasteiger partial charge on any atom is -0.329 e. The van der Waals surface area contributed by atoms with Crippen molar-refractivity contribution in [2.45, 2.75) is 58.5 Å². The number of nitrogens with zero attached hydrogens (tertiary/aromatic N) is 5. The van der Waals surface area contributed by atoms with E-state index in [2.05, 4.69) is 35.9 Å². The largest absolute Gasteiger partial charge is 0.405 e. The van der Waals surface area contributed by atoms with Gasteiger partial charge in [0.1, 0.15) is 6.54 Å². The van der Waals surface area contributed by atoms with Gasteiger partial charge in [0, 0.05) is 37.1 Å². The maximum atomic E-state index is 13.6. The van der Waals surface area contributed by atoms with Gasteiger partial charge in [-0.1, -0.05) is 51.5 Å². The van der Waals surface area contributed by atoms with E-state index in [0.717, 1.165) is 24.1 Å². The molecule has 0 saturated carbocycles. The second-order valence-electron chi connectivity index (χ2n) is 11.4. The van der Waals surface area contributed by atoms with E-state index in [1.165, 1.54) is 10.5 Å². The maximum absolute atomic E-state index is 13.6. The molecule has 8 nitrogen and oxygen atoms in total. The van der Waals surface area contributed by atoms with Gasteiger partial charge >= 0.3 is 12.2 Å². The van der Waals surface area contributed by atoms with E-state index in [-0.39, 0.29) is 30.2 Å². The van der Waals surface area contributed by atoms with Crippen molar-refractivity contribution in [3.63, 3.8) is 0 Å². The Morgan fingerprint density at radius 2 is 1.78 bits per heavy atom. The zero-order valence-electron chi connectivity index (χ0n) is 23.7. The van der Waals surface area contributed by atoms with Crippen LogP contribution in [0.3, 0.4) is 0 Å². The Morgan fingerprint density at radius 3 is 2.44 bits per heavy atom. The van der Waals surface area contributed by atoms with E-state index >= 15 is 0 Å². The number of nitrogens with one attached hydrogen (secondary N) is 1. The molecule has 41 heavy (non-hydrogen) atoms. The number of likely N-dealkylation sites (tertiary alicyclic amines) is 1. The summed E-state index contributed by atoms with van der Waals surface area (Å²) in [5, 5.41) is 1.98. The summed E-state index contributed by atoms with van der Waals surface area (Å²) >= 11 is 0. The van der Waals surface area contributed by atoms with Gasteiger partial charge in [0.05, 0.1) is 17.6 Å². The fraction of sp³-hybridized carbons (Fsp3) is 0.467. The van der Waals surface area contributed by atoms with Crippen LogP contribution in [-0.2, 0) is 6.42 Å². The molecule has 3 atom stereocenters. The first-order valence-corrected chi connectivity index (χ1v) is 14.0. The number of amides is 2. The highest BCUT2D eigenvalue weighted by Gasteiger charge is 2.38. The molecule has 1 saturated heterocycles. The van der Waals surface area contributed by atoms with Crippen molar-refractivity contribution < 1.29 is 22.8 Å². The standard InChI is InChI=1S/C30H35F3N6O2/c1-5-21-15-37(29(41)36-17-30(31,32)33)16-23(21)25-13-34-26-14-35-27-24(39(25)26)10-11-38(27)28(40)19(4)22-8-6-20(7-9-22)12-18(2)3/h6-11,13-14,18-19,21,23H,5,12,15-17H2,1-4H3,(H,36,41)/t19?,21-,23+/m1/s1. The van der Waals surface area contributed by atoms with Gasteiger partial charge in [-0.2, -0.15) is 13.2 Å². The van der Waals surface area contributed by atoms with Crippen molar-refractivity contribution in [2.75, 3.05) is 19.6 Å². The van der Waals surface area contributed by atoms with Gasteiger partial charge in [-0.15, -0.1) is 0 Å². The Morgan fingerprint density at radius 1 is 1.05 bits per heavy atom. The van der Waals surface area contributed by atoms with Crippen LogP contribution >= 0.6 is 0 Å². The summed E-state index contributed by atoms with van der Waals surface area (Å²) in [5.74, 6) is -0.0447. The SMILES string of the molecule is CC[C@@H]1CN(C(=O)NCC(F)(F)F)C[C@@H]1c1cnc2cnc3c(ccn3C(=O)C(C)c3ccc(CC(C)C)cc3)n12. The molecule has 11 heteroatoms. The molecule has 1 aliphatic rings. The highest BCUT2D eigenvalue weighted by molar-refractivity contribution is 5.93. The van der Waals surface area contributed by atoms with E-state index in [9.17, 15) is 22.8 Å². The Kier molecular flexibility index (Phi) is 7.80. The number of alkyl halides is 3. The molecule has 2 amide bonds. The lowest BCUT2D eigenvalue weighted by Gasteiger charge is -2.18. The highest BCUT2D eigenvalue weighted by Crippen LogP contribution is 2.36. The first-order chi connectivity index (χ1) is 19.5. The summed E-state index contributed by atoms with van der Waals surface area (Å²) in [6.45, 7) is 7.48. The smallest absolute Gasteiger partial charge is 0.329 e. The lowest BCUT2D eigenvalue weighted by molar-refractivity contribution is -0.123. The summed E-state index contributed by atoms with van der Waals surface area (Å²) < 4.78 is 41.5. The van der Waals surface area contributed by atoms with Crippen LogP contribution in [0.15, 0.2) is 48.9 Å². The molecule has 0 bridgehead atoms. The second-order valence-corrected chi connectivity index (χ2v) is 11.4. The number of imidazole rings is 1. The number of carbonyl (C=O) groups excluding carboxylic acids is 2. The number of hydrogen-bond donors (Lipinski definition) is 1. The lowest BCUT2D eigenvalue weighted by atomic mass is 9.91. The molecule has 0 aliphatic carbocycles. The van der Waals surface area contributed by atoms with E-state index in [1.54, 1.807) is 23.2 Å². The van der Waals surface area contributed by atoms with Crippen LogP contribution in [0.5, 0.6) is 0 Å². The molecular weight excluding hydrogens is 533 g/mol. The van der Waals surface area contributed by atoms with Crippen LogP contribution in [-0.4, -0.2) is 61.6 Å². The van der Waals surface area contributed by atoms with Crippen molar-refractivity contribution >= 4 is 28.7 Å². The quantitative estimate of drug-likeness (QED) is 0.295. The van der Waals surface area contributed by atoms with Gasteiger partial charge in [-0.3, -0.25) is 13.8 Å². The predicted molar refractivity (Wildman–Crippen MR) is 150 cm³/mol. The molecule has 1 aliphatic heterocycles. The van der Waals surface area contributed by atoms with E-state index in [1.807, 2.05) is 41.8 Å². The van der Waals surface area contributed by atoms with Crippen molar-refractivity contribution in [1.29, 1.82) is 0 Å². The molecule has 0 spiro atoms. The van der Waals surface area contributed by atoms with Gasteiger partial charge in [0.25, 0.3) is 0 Å². The molecule has 1 N–H and O–H groups in total. The molecule has 0 radical (unpaired) electrons. The molecule has 4 aromatic rings. The summed E-state index contributed by atoms with van der Waals surface area (Å²) in [6, 6.07) is 9.27. The fourth-order valence-electron chi connectivity index (χ4n) is 5.85. The van der Waals surface area contributed by atoms with Crippen LogP contribution in [0.4, 0.5) is 18.0 Å². The topological polar surface area (TPSA) is 84.5 Å². The van der Waals surface area contributed by atoms with Gasteiger partial charge in [-0.05, 0) is 42.4 Å². The number of rotatable bonds is 7. The number of hydrogen-bond acceptors (Lipinski definition) is 4. The summed E-state index contributed by atoms with van der Waals surface area (Å²) in [5.41, 5.74) is 4.80. The monoisotopic (exact) mass is 568 g/mol. The molecule has 1 fully saturated rings. The van der Waals surface area contributed by atoms with Crippen LogP contribution in [0, 0.1) is 11.8 Å². The summed E-state index contributed by atoms with van der Waals surface area (Å²) in [4.78, 5) is 36.6. The van der Waals surface area contributed by atoms with Gasteiger partial charge < -0.3 is 10.2 Å². The fourth-order valence-corrected chi connectivity index (χ4v) is 5.85. The Labute approximate surface area is 236 Å². The van der Waals surface area contributed by atoms with Gasteiger partial charge in [0.15, 0.2) is 11.3 Å². The zero-order valence-corrected chi connectivity index (χ0v) is 23.7. The first kappa shape index (κ1) is 28.6. The summed E-state index contributed by atoms with van der Waals surface area (Å²) in [7, 11) is 0. The maximum Gasteiger partial charge on any atom is 0.405 e. The minimum atomic E-state index is -4.47. The third kappa shape index (κ3) is 5.80. The van der Waals surface area contributed by atoms with Crippen molar-refractivity contribution in [3.05, 3.63) is 65.7 Å². The molecule has 3 aromatic heterocycles. The minimum absolute atomic E-state index is 0.0390. The number of halogens is 3.